The van der Waals surface area contributed by atoms with Crippen LogP contribution in [-0.4, -0.2) is 108 Å². The monoisotopic (exact) mass is 658 g/mol. The summed E-state index contributed by atoms with van der Waals surface area (Å²) in [6.07, 6.45) is -2.13. The molecule has 9 atom stereocenters. The highest BCUT2D eigenvalue weighted by atomic mass is 32.5. The number of nitrogens with zero attached hydrogens (tertiary/aromatic N) is 7. The summed E-state index contributed by atoms with van der Waals surface area (Å²) >= 11 is 6.32. The third-order valence-corrected chi connectivity index (χ3v) is 10.3. The number of aromatic amines is 1. The molecule has 4 aromatic rings. The van der Waals surface area contributed by atoms with E-state index in [0.29, 0.717) is 11.2 Å². The van der Waals surface area contributed by atoms with E-state index >= 15 is 0 Å². The largest absolute Gasteiger partial charge is 0.395 e. The molecule has 3 aliphatic rings. The van der Waals surface area contributed by atoms with Crippen molar-refractivity contribution in [2.24, 2.45) is 0 Å². The van der Waals surface area contributed by atoms with Gasteiger partial charge in [-0.2, -0.15) is 9.87 Å². The second kappa shape index (κ2) is 10.4. The summed E-state index contributed by atoms with van der Waals surface area (Å²) < 4.78 is 20.2. The van der Waals surface area contributed by atoms with Gasteiger partial charge < -0.3 is 40.9 Å². The van der Waals surface area contributed by atoms with Gasteiger partial charge in [-0.1, -0.05) is 0 Å². The summed E-state index contributed by atoms with van der Waals surface area (Å²) in [6, 6.07) is 0. The zero-order chi connectivity index (χ0) is 30.3. The first kappa shape index (κ1) is 28.9. The number of imidazole rings is 2. The highest BCUT2D eigenvalue weighted by Crippen LogP contribution is 2.55. The van der Waals surface area contributed by atoms with Crippen LogP contribution < -0.4 is 17.0 Å². The Balaban J connectivity index is 1.11. The van der Waals surface area contributed by atoms with Crippen LogP contribution >= 0.6 is 18.5 Å². The number of nitrogens with two attached hydrogens (primary N) is 2. The molecule has 2 bridgehead atoms. The van der Waals surface area contributed by atoms with Gasteiger partial charge in [-0.15, -0.1) is 11.8 Å². The van der Waals surface area contributed by atoms with Crippen molar-refractivity contribution in [3.05, 3.63) is 29.3 Å². The molecule has 3 aliphatic heterocycles. The molecule has 23 heteroatoms. The molecule has 3 saturated heterocycles. The molecule has 7 rings (SSSR count). The quantitative estimate of drug-likeness (QED) is 0.0768. The molecule has 0 spiro atoms. The maximum Gasteiger partial charge on any atom is 0.325 e. The van der Waals surface area contributed by atoms with Crippen LogP contribution in [0.25, 0.3) is 22.3 Å². The second-order valence-corrected chi connectivity index (χ2v) is 14.0. The number of aromatic nitrogens is 8. The number of hydrogen-bond donors (Lipinski definition) is 7. The summed E-state index contributed by atoms with van der Waals surface area (Å²) in [5, 5.41) is 30.1. The van der Waals surface area contributed by atoms with Crippen LogP contribution in [-0.2, 0) is 35.4 Å². The van der Waals surface area contributed by atoms with Gasteiger partial charge in [0, 0.05) is 0 Å². The molecule has 0 amide bonds. The lowest BCUT2D eigenvalue weighted by atomic mass is 10.1. The maximum atomic E-state index is 12.3. The molecule has 20 nitrogen and oxygen atoms in total. The van der Waals surface area contributed by atoms with E-state index in [1.165, 1.54) is 28.1 Å². The Hall–Kier alpha value is -2.86. The van der Waals surface area contributed by atoms with Crippen LogP contribution in [0.5, 0.6) is 0 Å². The van der Waals surface area contributed by atoms with Gasteiger partial charge in [-0.3, -0.25) is 23.4 Å². The summed E-state index contributed by atoms with van der Waals surface area (Å²) in [5.74, 6) is -1.96. The maximum absolute atomic E-state index is 12.3. The molecular weight excluding hydrogens is 635 g/mol. The predicted octanol–water partition coefficient (Wildman–Crippen LogP) is -2.37. The first-order valence-corrected chi connectivity index (χ1v) is 16.0. The Bertz CT molecular complexity index is 1820. The highest BCUT2D eigenvalue weighted by molar-refractivity contribution is 8.07. The minimum absolute atomic E-state index is 0.0241. The van der Waals surface area contributed by atoms with Crippen molar-refractivity contribution in [3.63, 3.8) is 0 Å². The van der Waals surface area contributed by atoms with E-state index in [1.54, 1.807) is 0 Å². The SMILES string of the molecule is Nc1nc2c(ncn2[C@@H]2S[C@H](CO)[C@@H](O)[C@H]2OP(O)(=S)OC[C@@]23OO[C@@H]([C@H](n4cnc5c(N)ncnc54)O2)[C@@H]3O)c(=O)[nH]1. The van der Waals surface area contributed by atoms with Crippen LogP contribution in [0.1, 0.15) is 11.6 Å². The van der Waals surface area contributed by atoms with Crippen molar-refractivity contribution in [1.82, 2.24) is 39.0 Å². The van der Waals surface area contributed by atoms with Crippen molar-refractivity contribution in [2.75, 3.05) is 24.7 Å². The number of H-pyrrole nitrogens is 1. The summed E-state index contributed by atoms with van der Waals surface area (Å²) in [7, 11) is 0. The van der Waals surface area contributed by atoms with Gasteiger partial charge in [0.15, 0.2) is 35.0 Å². The Morgan fingerprint density at radius 1 is 1.16 bits per heavy atom. The number of aliphatic hydroxyl groups is 3. The van der Waals surface area contributed by atoms with Gasteiger partial charge in [0.05, 0.1) is 30.6 Å². The molecule has 0 saturated carbocycles. The normalized spacial score (nSPS) is 33.5. The third-order valence-electron chi connectivity index (χ3n) is 7.23. The van der Waals surface area contributed by atoms with Crippen molar-refractivity contribution < 1.29 is 43.8 Å². The van der Waals surface area contributed by atoms with E-state index in [9.17, 15) is 25.0 Å². The first-order chi connectivity index (χ1) is 20.5. The minimum Gasteiger partial charge on any atom is -0.395 e. The lowest BCUT2D eigenvalue weighted by molar-refractivity contribution is -0.452. The van der Waals surface area contributed by atoms with Gasteiger partial charge in [0.25, 0.3) is 11.3 Å². The molecule has 1 unspecified atom stereocenters. The Kier molecular flexibility index (Phi) is 6.96. The van der Waals surface area contributed by atoms with Gasteiger partial charge >= 0.3 is 6.72 Å². The second-order valence-electron chi connectivity index (χ2n) is 9.82. The van der Waals surface area contributed by atoms with Crippen molar-refractivity contribution in [2.45, 2.75) is 47.1 Å². The average Bonchev–Trinajstić information content (AvgIpc) is 3.77. The molecule has 43 heavy (non-hydrogen) atoms. The Morgan fingerprint density at radius 3 is 2.72 bits per heavy atom. The van der Waals surface area contributed by atoms with Crippen LogP contribution in [0.15, 0.2) is 23.8 Å². The number of aliphatic hydroxyl groups excluding tert-OH is 3. The molecule has 9 N–H and O–H groups in total. The fourth-order valence-corrected chi connectivity index (χ4v) is 8.07. The molecule has 230 valence electrons. The van der Waals surface area contributed by atoms with Crippen molar-refractivity contribution in [1.29, 1.82) is 0 Å². The van der Waals surface area contributed by atoms with E-state index in [0.717, 1.165) is 11.8 Å². The van der Waals surface area contributed by atoms with Crippen LogP contribution in [0, 0.1) is 0 Å². The van der Waals surface area contributed by atoms with Gasteiger partial charge in [-0.05, 0) is 11.8 Å². The van der Waals surface area contributed by atoms with Crippen LogP contribution in [0.3, 0.4) is 0 Å². The number of rotatable bonds is 8. The fourth-order valence-electron chi connectivity index (χ4n) is 5.16. The van der Waals surface area contributed by atoms with Crippen molar-refractivity contribution in [3.8, 4) is 0 Å². The molecule has 0 radical (unpaired) electrons. The molecule has 0 aliphatic carbocycles. The van der Waals surface area contributed by atoms with E-state index in [4.69, 9.17) is 46.8 Å². The van der Waals surface area contributed by atoms with E-state index < -0.39 is 72.5 Å². The number of nitrogens with one attached hydrogen (secondary N) is 1. The zero-order valence-electron chi connectivity index (χ0n) is 21.5. The van der Waals surface area contributed by atoms with Gasteiger partial charge in [-0.25, -0.2) is 24.8 Å². The smallest absolute Gasteiger partial charge is 0.325 e. The van der Waals surface area contributed by atoms with Gasteiger partial charge in [0.2, 0.25) is 5.95 Å². The van der Waals surface area contributed by atoms with E-state index in [-0.39, 0.29) is 22.9 Å². The van der Waals surface area contributed by atoms with Crippen molar-refractivity contribution >= 4 is 64.4 Å². The number of ether oxygens (including phenoxy) is 1. The van der Waals surface area contributed by atoms with Crippen LogP contribution in [0.2, 0.25) is 0 Å². The molecule has 4 aromatic heterocycles. The summed E-state index contributed by atoms with van der Waals surface area (Å²) in [4.78, 5) is 56.7. The fraction of sp³-hybridized carbons (Fsp3) is 0.500. The number of thioether (sulfide) groups is 1. The zero-order valence-corrected chi connectivity index (χ0v) is 24.0. The number of fused-ring (bicyclic) bond motifs is 4. The number of nitrogen functional groups attached to an aromatic ring is 2. The Labute approximate surface area is 248 Å². The molecule has 7 heterocycles. The minimum atomic E-state index is -4.23. The molecular formula is C20H23N10O10PS2. The lowest BCUT2D eigenvalue weighted by Gasteiger charge is -2.31. The van der Waals surface area contributed by atoms with Crippen LogP contribution in [0.4, 0.5) is 11.8 Å². The Morgan fingerprint density at radius 2 is 1.93 bits per heavy atom. The van der Waals surface area contributed by atoms with E-state index in [2.05, 4.69) is 29.9 Å². The predicted molar refractivity (Wildman–Crippen MR) is 148 cm³/mol. The molecule has 3 fully saturated rings. The first-order valence-electron chi connectivity index (χ1n) is 12.5. The third kappa shape index (κ3) is 4.62. The lowest BCUT2D eigenvalue weighted by Crippen LogP contribution is -2.43. The molecule has 0 aromatic carbocycles. The van der Waals surface area contributed by atoms with E-state index in [1.807, 2.05) is 0 Å². The van der Waals surface area contributed by atoms with Gasteiger partial charge in [0.1, 0.15) is 36.0 Å². The average molecular weight is 659 g/mol. The summed E-state index contributed by atoms with van der Waals surface area (Å²) in [6.45, 7) is -5.32. The number of anilines is 2. The summed E-state index contributed by atoms with van der Waals surface area (Å²) in [5.41, 5.74) is 11.7. The standard InChI is InChI=1S/C20H23N10O10PS2/c21-13-7-14(24-3-23-13)29(4-25-7)17-11-12(33)20(37-17,40-38-11)2-36-41(35,42)39-10-9(32)6(1-31)43-18(10)30-5-26-8-15(30)27-19(22)28-16(8)34/h3-6,9-12,17-18,31-33H,1-2H2,(H,35,42)(H2,21,23,24)(H3,22,27,28,34)/t6-,9-,10-,11-,12+,17-,18-,20+,41?/m1/s1. The highest BCUT2D eigenvalue weighted by Gasteiger charge is 2.65. The topological polar surface area (TPSA) is 286 Å². The number of hydrogen-bond acceptors (Lipinski definition) is 18.